The average molecular weight is 550 g/mol. The highest BCUT2D eigenvalue weighted by Crippen LogP contribution is 2.30. The predicted octanol–water partition coefficient (Wildman–Crippen LogP) is -5.92. The highest BCUT2D eigenvalue weighted by molar-refractivity contribution is 7.79. The van der Waals surface area contributed by atoms with Crippen LogP contribution in [0.4, 0.5) is 0 Å². The van der Waals surface area contributed by atoms with Gasteiger partial charge in [0.05, 0.1) is 24.8 Å². The Kier molecular flexibility index (Phi) is 11.8. The van der Waals surface area contributed by atoms with Crippen molar-refractivity contribution in [3.63, 3.8) is 0 Å². The van der Waals surface area contributed by atoms with Crippen LogP contribution in [0.3, 0.4) is 0 Å². The number of nitrogens with two attached hydrogens (primary N) is 5. The van der Waals surface area contributed by atoms with Crippen LogP contribution in [0.25, 0.3) is 0 Å². The largest absolute Gasteiger partial charge is 0.394 e. The van der Waals surface area contributed by atoms with E-state index in [0.29, 0.717) is 19.4 Å². The van der Waals surface area contributed by atoms with Gasteiger partial charge in [0.2, 0.25) is 0 Å². The number of rotatable bonds is 6. The summed E-state index contributed by atoms with van der Waals surface area (Å²) in [7, 11) is -4.67. The van der Waals surface area contributed by atoms with E-state index >= 15 is 0 Å². The summed E-state index contributed by atoms with van der Waals surface area (Å²) in [4.78, 5) is 0. The predicted molar refractivity (Wildman–Crippen MR) is 121 cm³/mol. The maximum absolute atomic E-state index is 11.0. The summed E-state index contributed by atoms with van der Waals surface area (Å²) < 4.78 is 54.5. The molecule has 13 atom stereocenters. The maximum Gasteiger partial charge on any atom is 0.394 e. The van der Waals surface area contributed by atoms with Gasteiger partial charge in [-0.1, -0.05) is 0 Å². The van der Waals surface area contributed by atoms with Crippen molar-refractivity contribution in [3.8, 4) is 0 Å². The van der Waals surface area contributed by atoms with Crippen molar-refractivity contribution in [2.45, 2.75) is 98.7 Å². The van der Waals surface area contributed by atoms with E-state index in [1.165, 1.54) is 0 Å². The second-order valence-corrected chi connectivity index (χ2v) is 9.99. The minimum atomic E-state index is -4.67. The third-order valence-electron chi connectivity index (χ3n) is 6.34. The molecule has 2 aliphatic heterocycles. The smallest absolute Gasteiger partial charge is 0.394 e. The van der Waals surface area contributed by atoms with Crippen molar-refractivity contribution in [2.75, 3.05) is 13.2 Å². The number of hydrogen-bond acceptors (Lipinski definition) is 15. The fourth-order valence-corrected chi connectivity index (χ4v) is 4.36. The Bertz CT molecular complexity index is 774. The maximum atomic E-state index is 11.0. The Labute approximate surface area is 208 Å². The first-order valence-corrected chi connectivity index (χ1v) is 12.8. The van der Waals surface area contributed by atoms with Crippen molar-refractivity contribution in [1.29, 1.82) is 0 Å². The molecule has 36 heavy (non-hydrogen) atoms. The van der Waals surface area contributed by atoms with E-state index in [0.717, 1.165) is 0 Å². The molecule has 2 heterocycles. The molecule has 18 heteroatoms. The lowest BCUT2D eigenvalue weighted by atomic mass is 9.84. The monoisotopic (exact) mass is 549 g/mol. The van der Waals surface area contributed by atoms with Gasteiger partial charge in [-0.25, -0.2) is 0 Å². The third-order valence-corrected chi connectivity index (χ3v) is 6.34. The number of aliphatic hydroxyl groups is 4. The summed E-state index contributed by atoms with van der Waals surface area (Å²) in [6, 6.07) is -2.85. The molecule has 1 saturated carbocycles. The molecule has 3 fully saturated rings. The minimum Gasteiger partial charge on any atom is -0.394 e. The lowest BCUT2D eigenvalue weighted by Crippen LogP contribution is -2.68. The van der Waals surface area contributed by atoms with Crippen LogP contribution in [0, 0.1) is 0 Å². The van der Waals surface area contributed by atoms with Gasteiger partial charge in [-0.15, -0.1) is 0 Å². The van der Waals surface area contributed by atoms with Crippen LogP contribution in [0.2, 0.25) is 0 Å². The van der Waals surface area contributed by atoms with Gasteiger partial charge < -0.3 is 68.0 Å². The summed E-state index contributed by atoms with van der Waals surface area (Å²) >= 11 is 0. The SMILES string of the molecule is NC[C@H]1CC[C@@H](N)[C@@H](O[C@H]2[C@H](O)[C@@H](O[C@H]3O[C@H](CO)[C@@H](O)[C@H](N)[C@@H]3O)[C@H](N)C[C@@H]2N)O1.O=S(=O)(O)O. The Morgan fingerprint density at radius 3 is 1.83 bits per heavy atom. The Hall–Kier alpha value is -0.650. The molecule has 0 aromatic carbocycles. The summed E-state index contributed by atoms with van der Waals surface area (Å²) in [5.74, 6) is 0. The summed E-state index contributed by atoms with van der Waals surface area (Å²) in [5, 5.41) is 40.7. The van der Waals surface area contributed by atoms with Crippen molar-refractivity contribution in [3.05, 3.63) is 0 Å². The van der Waals surface area contributed by atoms with E-state index in [1.54, 1.807) is 0 Å². The minimum absolute atomic E-state index is 0.204. The normalized spacial score (nSPS) is 46.0. The lowest BCUT2D eigenvalue weighted by Gasteiger charge is -2.47. The van der Waals surface area contributed by atoms with Crippen LogP contribution >= 0.6 is 0 Å². The molecule has 16 N–H and O–H groups in total. The molecule has 2 saturated heterocycles. The van der Waals surface area contributed by atoms with E-state index in [9.17, 15) is 20.4 Å². The zero-order valence-electron chi connectivity index (χ0n) is 19.5. The zero-order valence-corrected chi connectivity index (χ0v) is 20.3. The molecule has 214 valence electrons. The first kappa shape index (κ1) is 31.6. The molecule has 0 amide bonds. The molecule has 0 bridgehead atoms. The van der Waals surface area contributed by atoms with Crippen LogP contribution < -0.4 is 28.7 Å². The van der Waals surface area contributed by atoms with Gasteiger partial charge in [0.25, 0.3) is 0 Å². The van der Waals surface area contributed by atoms with Crippen LogP contribution in [-0.4, -0.2) is 131 Å². The van der Waals surface area contributed by atoms with Gasteiger partial charge in [-0.05, 0) is 19.3 Å². The lowest BCUT2D eigenvalue weighted by molar-refractivity contribution is -0.313. The van der Waals surface area contributed by atoms with Gasteiger partial charge in [0.15, 0.2) is 12.6 Å². The second-order valence-electron chi connectivity index (χ2n) is 9.09. The van der Waals surface area contributed by atoms with Crippen LogP contribution in [0.5, 0.6) is 0 Å². The summed E-state index contributed by atoms with van der Waals surface area (Å²) in [6.45, 7) is -0.214. The highest BCUT2D eigenvalue weighted by atomic mass is 32.3. The molecular weight excluding hydrogens is 510 g/mol. The van der Waals surface area contributed by atoms with E-state index in [2.05, 4.69) is 0 Å². The van der Waals surface area contributed by atoms with Crippen molar-refractivity contribution >= 4 is 10.4 Å². The van der Waals surface area contributed by atoms with Crippen LogP contribution in [-0.2, 0) is 29.3 Å². The van der Waals surface area contributed by atoms with E-state index in [-0.39, 0.29) is 12.5 Å². The second kappa shape index (κ2) is 13.4. The molecule has 3 aliphatic rings. The Morgan fingerprint density at radius 2 is 1.33 bits per heavy atom. The molecular formula is C18H39N5O12S. The Balaban J connectivity index is 0.000000830. The van der Waals surface area contributed by atoms with E-state index in [1.807, 2.05) is 0 Å². The molecule has 0 radical (unpaired) electrons. The van der Waals surface area contributed by atoms with Gasteiger partial charge in [0, 0.05) is 18.6 Å². The van der Waals surface area contributed by atoms with Crippen molar-refractivity contribution in [2.24, 2.45) is 28.7 Å². The van der Waals surface area contributed by atoms with E-state index < -0.39 is 90.4 Å². The Morgan fingerprint density at radius 1 is 0.806 bits per heavy atom. The fourth-order valence-electron chi connectivity index (χ4n) is 4.36. The van der Waals surface area contributed by atoms with E-state index in [4.69, 9.17) is 65.1 Å². The zero-order chi connectivity index (χ0) is 27.4. The number of hydrogen-bond donors (Lipinski definition) is 11. The molecule has 17 nitrogen and oxygen atoms in total. The molecule has 0 aromatic rings. The quantitative estimate of drug-likeness (QED) is 0.137. The van der Waals surface area contributed by atoms with Crippen molar-refractivity contribution < 1.29 is 56.9 Å². The first-order chi connectivity index (χ1) is 16.7. The summed E-state index contributed by atoms with van der Waals surface area (Å²) in [5.41, 5.74) is 30.0. The van der Waals surface area contributed by atoms with Crippen LogP contribution in [0.1, 0.15) is 19.3 Å². The number of aliphatic hydroxyl groups excluding tert-OH is 4. The molecule has 3 rings (SSSR count). The molecule has 0 aromatic heterocycles. The van der Waals surface area contributed by atoms with Crippen LogP contribution in [0.15, 0.2) is 0 Å². The summed E-state index contributed by atoms with van der Waals surface area (Å²) in [6.07, 6.45) is -7.72. The third kappa shape index (κ3) is 8.43. The van der Waals surface area contributed by atoms with Gasteiger partial charge in [0.1, 0.15) is 36.6 Å². The average Bonchev–Trinajstić information content (AvgIpc) is 2.79. The van der Waals surface area contributed by atoms with Gasteiger partial charge in [-0.3, -0.25) is 9.11 Å². The highest BCUT2D eigenvalue weighted by Gasteiger charge is 2.49. The van der Waals surface area contributed by atoms with Gasteiger partial charge in [-0.2, -0.15) is 8.42 Å². The fraction of sp³-hybridized carbons (Fsp3) is 1.00. The molecule has 0 spiro atoms. The topological polar surface area (TPSA) is 323 Å². The number of ether oxygens (including phenoxy) is 4. The standard InChI is InChI=1S/C18H37N5O8.H2O4S/c19-4-6-1-2-7(20)17(28-6)30-15-8(21)3-9(22)16(14(15)27)31-18-13(26)11(23)12(25)10(5-24)29-18;1-5(2,3)4/h6-18,24-27H,1-5,19-23H2;(H2,1,2,3,4)/t6-,7-,8+,9-,10-,11+,12-,13+,14+,15-,16+,17-,18-;/m1./s1. The molecule has 1 aliphatic carbocycles. The van der Waals surface area contributed by atoms with Gasteiger partial charge >= 0.3 is 10.4 Å². The molecule has 0 unspecified atom stereocenters. The van der Waals surface area contributed by atoms with Crippen molar-refractivity contribution in [1.82, 2.24) is 0 Å². The first-order valence-electron chi connectivity index (χ1n) is 11.4.